The number of carboxylic acids is 2. The van der Waals surface area contributed by atoms with E-state index in [2.05, 4.69) is 10.6 Å². The van der Waals surface area contributed by atoms with Gasteiger partial charge >= 0.3 is 18.0 Å². The number of carboxylic acid groups (broad SMARTS) is 2. The lowest BCUT2D eigenvalue weighted by Gasteiger charge is -2.33. The molecule has 0 aromatic carbocycles. The van der Waals surface area contributed by atoms with Gasteiger partial charge in [-0.25, -0.2) is 4.79 Å². The maximum atomic E-state index is 12.0. The molecule has 1 saturated heterocycles. The van der Waals surface area contributed by atoms with Gasteiger partial charge in [0.15, 0.2) is 0 Å². The maximum Gasteiger partial charge on any atom is 0.320 e. The number of unbranched alkanes of at least 4 members (excludes halogenated alkanes) is 1. The molecule has 0 aromatic rings. The van der Waals surface area contributed by atoms with Crippen LogP contribution in [-0.4, -0.2) is 90.3 Å². The van der Waals surface area contributed by atoms with Crippen LogP contribution in [0.2, 0.25) is 0 Å². The van der Waals surface area contributed by atoms with E-state index in [9.17, 15) is 14.4 Å². The zero-order chi connectivity index (χ0) is 17.2. The highest BCUT2D eigenvalue weighted by Crippen LogP contribution is 2.03. The fourth-order valence-electron chi connectivity index (χ4n) is 2.47. The average molecular weight is 330 g/mol. The minimum Gasteiger partial charge on any atom is -0.480 e. The number of hydrogen-bond acceptors (Lipinski definition) is 5. The van der Waals surface area contributed by atoms with Gasteiger partial charge < -0.3 is 25.7 Å². The van der Waals surface area contributed by atoms with Crippen molar-refractivity contribution in [2.75, 3.05) is 46.3 Å². The third-order valence-electron chi connectivity index (χ3n) is 3.86. The molecule has 0 bridgehead atoms. The highest BCUT2D eigenvalue weighted by molar-refractivity contribution is 5.74. The van der Waals surface area contributed by atoms with Crippen LogP contribution < -0.4 is 10.6 Å². The van der Waals surface area contributed by atoms with Crippen LogP contribution >= 0.6 is 0 Å². The molecule has 0 radical (unpaired) electrons. The molecule has 1 aliphatic rings. The van der Waals surface area contributed by atoms with Gasteiger partial charge in [-0.2, -0.15) is 0 Å². The molecule has 4 N–H and O–H groups in total. The topological polar surface area (TPSA) is 122 Å². The van der Waals surface area contributed by atoms with Crippen LogP contribution in [-0.2, 0) is 9.59 Å². The van der Waals surface area contributed by atoms with E-state index in [1.165, 1.54) is 0 Å². The molecule has 0 aliphatic carbocycles. The third-order valence-corrected chi connectivity index (χ3v) is 3.86. The first kappa shape index (κ1) is 19.2. The molecule has 9 heteroatoms. The Morgan fingerprint density at radius 3 is 2.26 bits per heavy atom. The zero-order valence-electron chi connectivity index (χ0n) is 13.5. The Bertz CT molecular complexity index is 410. The molecule has 0 spiro atoms. The van der Waals surface area contributed by atoms with Crippen molar-refractivity contribution >= 4 is 18.0 Å². The van der Waals surface area contributed by atoms with Crippen molar-refractivity contribution in [2.45, 2.75) is 25.3 Å². The van der Waals surface area contributed by atoms with Crippen LogP contribution in [0.25, 0.3) is 0 Å². The van der Waals surface area contributed by atoms with Crippen molar-refractivity contribution in [1.82, 2.24) is 20.4 Å². The monoisotopic (exact) mass is 330 g/mol. The molecule has 9 nitrogen and oxygen atoms in total. The zero-order valence-corrected chi connectivity index (χ0v) is 13.5. The molecule has 1 heterocycles. The first-order chi connectivity index (χ1) is 10.9. The van der Waals surface area contributed by atoms with Gasteiger partial charge in [0.1, 0.15) is 6.04 Å². The number of hydrogen-bond donors (Lipinski definition) is 4. The Morgan fingerprint density at radius 1 is 1.09 bits per heavy atom. The number of carbonyl (C=O) groups is 3. The smallest absolute Gasteiger partial charge is 0.320 e. The van der Waals surface area contributed by atoms with Gasteiger partial charge in [-0.05, 0) is 26.3 Å². The Morgan fingerprint density at radius 2 is 1.74 bits per heavy atom. The van der Waals surface area contributed by atoms with Gasteiger partial charge in [0, 0.05) is 32.7 Å². The number of amides is 2. The predicted octanol–water partition coefficient (Wildman–Crippen LogP) is -0.759. The second kappa shape index (κ2) is 10.0. The highest BCUT2D eigenvalue weighted by atomic mass is 16.4. The summed E-state index contributed by atoms with van der Waals surface area (Å²) in [7, 11) is 1.62. The molecule has 2 amide bonds. The number of piperazine rings is 1. The van der Waals surface area contributed by atoms with E-state index in [1.54, 1.807) is 16.8 Å². The van der Waals surface area contributed by atoms with Gasteiger partial charge in [0.25, 0.3) is 0 Å². The molecule has 132 valence electrons. The maximum absolute atomic E-state index is 12.0. The summed E-state index contributed by atoms with van der Waals surface area (Å²) in [6.45, 7) is 2.65. The molecule has 23 heavy (non-hydrogen) atoms. The summed E-state index contributed by atoms with van der Waals surface area (Å²) in [4.78, 5) is 36.9. The van der Waals surface area contributed by atoms with Crippen LogP contribution in [0.3, 0.4) is 0 Å². The fraction of sp³-hybridized carbons (Fsp3) is 0.786. The molecule has 1 atom stereocenters. The van der Waals surface area contributed by atoms with E-state index in [0.29, 0.717) is 45.6 Å². The SMILES string of the molecule is CN[C@H](CCCCNC(=O)N1CCN(CC(=O)O)CC1)C(=O)O. The van der Waals surface area contributed by atoms with Crippen molar-refractivity contribution in [3.8, 4) is 0 Å². The molecule has 1 rings (SSSR count). The number of urea groups is 1. The van der Waals surface area contributed by atoms with Crippen molar-refractivity contribution in [1.29, 1.82) is 0 Å². The van der Waals surface area contributed by atoms with E-state index < -0.39 is 18.0 Å². The van der Waals surface area contributed by atoms with E-state index in [0.717, 1.165) is 6.42 Å². The fourth-order valence-corrected chi connectivity index (χ4v) is 2.47. The second-order valence-electron chi connectivity index (χ2n) is 5.56. The summed E-state index contributed by atoms with van der Waals surface area (Å²) >= 11 is 0. The summed E-state index contributed by atoms with van der Waals surface area (Å²) < 4.78 is 0. The van der Waals surface area contributed by atoms with Crippen LogP contribution in [0.15, 0.2) is 0 Å². The lowest BCUT2D eigenvalue weighted by molar-refractivity contribution is -0.140. The summed E-state index contributed by atoms with van der Waals surface area (Å²) in [6, 6.07) is -0.698. The number of rotatable bonds is 9. The summed E-state index contributed by atoms with van der Waals surface area (Å²) in [6.07, 6.45) is 1.95. The molecule has 0 saturated carbocycles. The van der Waals surface area contributed by atoms with Gasteiger partial charge in [0.05, 0.1) is 6.54 Å². The average Bonchev–Trinajstić information content (AvgIpc) is 2.50. The van der Waals surface area contributed by atoms with E-state index in [1.807, 2.05) is 0 Å². The van der Waals surface area contributed by atoms with Crippen molar-refractivity contribution in [3.63, 3.8) is 0 Å². The third kappa shape index (κ3) is 7.29. The molecule has 0 aromatic heterocycles. The van der Waals surface area contributed by atoms with Crippen molar-refractivity contribution in [3.05, 3.63) is 0 Å². The van der Waals surface area contributed by atoms with E-state index >= 15 is 0 Å². The Labute approximate surface area is 135 Å². The second-order valence-corrected chi connectivity index (χ2v) is 5.56. The lowest BCUT2D eigenvalue weighted by atomic mass is 10.1. The number of carbonyl (C=O) groups excluding carboxylic acids is 1. The van der Waals surface area contributed by atoms with Crippen LogP contribution in [0.1, 0.15) is 19.3 Å². The lowest BCUT2D eigenvalue weighted by Crippen LogP contribution is -2.52. The minimum atomic E-state index is -0.865. The Balaban J connectivity index is 2.13. The summed E-state index contributed by atoms with van der Waals surface area (Å²) in [5.74, 6) is -1.72. The van der Waals surface area contributed by atoms with Gasteiger partial charge in [-0.15, -0.1) is 0 Å². The van der Waals surface area contributed by atoms with E-state index in [4.69, 9.17) is 10.2 Å². The minimum absolute atomic E-state index is 0.00562. The molecular formula is C14H26N4O5. The van der Waals surface area contributed by atoms with Crippen LogP contribution in [0.4, 0.5) is 4.79 Å². The predicted molar refractivity (Wildman–Crippen MR) is 83.4 cm³/mol. The largest absolute Gasteiger partial charge is 0.480 e. The quantitative estimate of drug-likeness (QED) is 0.410. The first-order valence-electron chi connectivity index (χ1n) is 7.81. The van der Waals surface area contributed by atoms with Crippen LogP contribution in [0.5, 0.6) is 0 Å². The van der Waals surface area contributed by atoms with E-state index in [-0.39, 0.29) is 12.6 Å². The standard InChI is InChI=1S/C14H26N4O5/c1-15-11(13(21)22)4-2-3-5-16-14(23)18-8-6-17(7-9-18)10-12(19)20/h11,15H,2-10H2,1H3,(H,16,23)(H,19,20)(H,21,22)/t11-/m1/s1. The van der Waals surface area contributed by atoms with Gasteiger partial charge in [0.2, 0.25) is 0 Å². The number of nitrogens with one attached hydrogen (secondary N) is 2. The Hall–Kier alpha value is -1.87. The normalized spacial score (nSPS) is 16.8. The Kier molecular flexibility index (Phi) is 8.35. The number of aliphatic carboxylic acids is 2. The molecular weight excluding hydrogens is 304 g/mol. The van der Waals surface area contributed by atoms with Gasteiger partial charge in [-0.1, -0.05) is 0 Å². The summed E-state index contributed by atoms with van der Waals surface area (Å²) in [5.41, 5.74) is 0. The highest BCUT2D eigenvalue weighted by Gasteiger charge is 2.21. The van der Waals surface area contributed by atoms with Crippen molar-refractivity contribution in [2.24, 2.45) is 0 Å². The number of likely N-dealkylation sites (N-methyl/N-ethyl adjacent to an activating group) is 1. The first-order valence-corrected chi connectivity index (χ1v) is 7.81. The number of nitrogens with zero attached hydrogens (tertiary/aromatic N) is 2. The van der Waals surface area contributed by atoms with Crippen LogP contribution in [0, 0.1) is 0 Å². The van der Waals surface area contributed by atoms with Gasteiger partial charge in [-0.3, -0.25) is 14.5 Å². The van der Waals surface area contributed by atoms with Crippen molar-refractivity contribution < 1.29 is 24.6 Å². The molecule has 1 fully saturated rings. The molecule has 0 unspecified atom stereocenters. The summed E-state index contributed by atoms with van der Waals surface area (Å²) in [5, 5.41) is 23.1. The molecule has 1 aliphatic heterocycles.